The Morgan fingerprint density at radius 3 is 2.35 bits per heavy atom. The van der Waals surface area contributed by atoms with Crippen LogP contribution in [0, 0.1) is 0 Å². The average Bonchev–Trinajstić information content (AvgIpc) is 2.38. The van der Waals surface area contributed by atoms with E-state index >= 15 is 0 Å². The van der Waals surface area contributed by atoms with Crippen molar-refractivity contribution in [1.29, 1.82) is 0 Å². The molecule has 1 aliphatic heterocycles. The van der Waals surface area contributed by atoms with E-state index in [9.17, 15) is 21.6 Å². The number of sulfonamides is 1. The molecule has 2 rings (SSSR count). The van der Waals surface area contributed by atoms with Crippen molar-refractivity contribution < 1.29 is 26.3 Å². The summed E-state index contributed by atoms with van der Waals surface area (Å²) in [4.78, 5) is -0.416. The second kappa shape index (κ2) is 5.23. The summed E-state index contributed by atoms with van der Waals surface area (Å²) in [6, 6.07) is 2.60. The highest BCUT2D eigenvalue weighted by Gasteiger charge is 2.35. The summed E-state index contributed by atoms with van der Waals surface area (Å²) in [6.45, 7) is 0.683. The fourth-order valence-corrected chi connectivity index (χ4v) is 3.31. The summed E-state index contributed by atoms with van der Waals surface area (Å²) in [7, 11) is -3.96. The van der Waals surface area contributed by atoms with Crippen LogP contribution in [-0.2, 0) is 20.9 Å². The van der Waals surface area contributed by atoms with Gasteiger partial charge in [-0.3, -0.25) is 0 Å². The molecule has 1 fully saturated rings. The number of hydrogen-bond acceptors (Lipinski definition) is 4. The summed E-state index contributed by atoms with van der Waals surface area (Å²) in [6.07, 6.45) is -4.69. The molecule has 0 radical (unpaired) electrons. The second-order valence-corrected chi connectivity index (χ2v) is 6.20. The van der Waals surface area contributed by atoms with Gasteiger partial charge in [-0.2, -0.15) is 17.5 Å². The molecule has 112 valence electrons. The van der Waals surface area contributed by atoms with Gasteiger partial charge in [0.05, 0.1) is 23.7 Å². The van der Waals surface area contributed by atoms with Gasteiger partial charge in [-0.25, -0.2) is 8.42 Å². The number of rotatable bonds is 2. The minimum Gasteiger partial charge on any atom is -0.398 e. The molecular formula is C11H13F3N2O3S. The summed E-state index contributed by atoms with van der Waals surface area (Å²) in [5.41, 5.74) is 3.60. The molecule has 0 bridgehead atoms. The number of alkyl halides is 3. The number of morpholine rings is 1. The van der Waals surface area contributed by atoms with E-state index in [4.69, 9.17) is 10.5 Å². The molecule has 1 aromatic rings. The van der Waals surface area contributed by atoms with Crippen molar-refractivity contribution in [2.24, 2.45) is 0 Å². The minimum absolute atomic E-state index is 0.119. The normalized spacial score (nSPS) is 18.1. The van der Waals surface area contributed by atoms with Crippen LogP contribution in [0.25, 0.3) is 0 Å². The van der Waals surface area contributed by atoms with Crippen molar-refractivity contribution in [3.8, 4) is 0 Å². The predicted molar refractivity (Wildman–Crippen MR) is 65.4 cm³/mol. The van der Waals surface area contributed by atoms with Gasteiger partial charge < -0.3 is 10.5 Å². The van der Waals surface area contributed by atoms with Crippen LogP contribution < -0.4 is 5.73 Å². The Hall–Kier alpha value is -1.32. The Bertz CT molecular complexity index is 595. The molecular weight excluding hydrogens is 297 g/mol. The van der Waals surface area contributed by atoms with Crippen molar-refractivity contribution in [1.82, 2.24) is 4.31 Å². The predicted octanol–water partition coefficient (Wildman–Crippen LogP) is 1.31. The molecule has 0 aliphatic carbocycles. The molecule has 9 heteroatoms. The molecule has 1 aliphatic rings. The monoisotopic (exact) mass is 310 g/mol. The summed E-state index contributed by atoms with van der Waals surface area (Å²) in [5, 5.41) is 0. The topological polar surface area (TPSA) is 72.6 Å². The fourth-order valence-electron chi connectivity index (χ4n) is 1.88. The van der Waals surface area contributed by atoms with E-state index in [0.29, 0.717) is 6.07 Å². The Kier molecular flexibility index (Phi) is 3.94. The molecule has 20 heavy (non-hydrogen) atoms. The summed E-state index contributed by atoms with van der Waals surface area (Å²) in [5.74, 6) is 0. The molecule has 0 amide bonds. The zero-order valence-corrected chi connectivity index (χ0v) is 11.2. The lowest BCUT2D eigenvalue weighted by molar-refractivity contribution is -0.137. The van der Waals surface area contributed by atoms with Gasteiger partial charge in [0.2, 0.25) is 10.0 Å². The third-order valence-corrected chi connectivity index (χ3v) is 4.83. The van der Waals surface area contributed by atoms with Gasteiger partial charge in [-0.15, -0.1) is 0 Å². The second-order valence-electron chi connectivity index (χ2n) is 4.26. The van der Waals surface area contributed by atoms with Crippen LogP contribution in [-0.4, -0.2) is 39.0 Å². The zero-order chi connectivity index (χ0) is 15.0. The van der Waals surface area contributed by atoms with Gasteiger partial charge in [0.1, 0.15) is 0 Å². The Morgan fingerprint density at radius 1 is 1.20 bits per heavy atom. The lowest BCUT2D eigenvalue weighted by Gasteiger charge is -2.26. The quantitative estimate of drug-likeness (QED) is 0.836. The highest BCUT2D eigenvalue weighted by Crippen LogP contribution is 2.35. The Labute approximate surface area is 114 Å². The summed E-state index contributed by atoms with van der Waals surface area (Å²) < 4.78 is 68.9. The Balaban J connectivity index is 2.42. The van der Waals surface area contributed by atoms with Crippen LogP contribution in [0.5, 0.6) is 0 Å². The van der Waals surface area contributed by atoms with E-state index in [1.807, 2.05) is 0 Å². The van der Waals surface area contributed by atoms with Crippen molar-refractivity contribution in [2.45, 2.75) is 11.1 Å². The van der Waals surface area contributed by atoms with Gasteiger partial charge in [0.25, 0.3) is 0 Å². The van der Waals surface area contributed by atoms with Crippen LogP contribution in [0.2, 0.25) is 0 Å². The standard InChI is InChI=1S/C11H13F3N2O3S/c12-11(13,14)9-7-8(1-2-10(9)15)20(17,18)16-3-5-19-6-4-16/h1-2,7H,3-6,15H2. The van der Waals surface area contributed by atoms with Gasteiger partial charge in [-0.1, -0.05) is 0 Å². The van der Waals surface area contributed by atoms with Crippen LogP contribution in [0.4, 0.5) is 18.9 Å². The largest absolute Gasteiger partial charge is 0.418 e. The SMILES string of the molecule is Nc1ccc(S(=O)(=O)N2CCOCC2)cc1C(F)(F)F. The molecule has 0 aromatic heterocycles. The molecule has 0 unspecified atom stereocenters. The lowest BCUT2D eigenvalue weighted by atomic mass is 10.2. The Morgan fingerprint density at radius 2 is 1.80 bits per heavy atom. The first-order valence-corrected chi connectivity index (χ1v) is 7.21. The van der Waals surface area contributed by atoms with Gasteiger partial charge in [0, 0.05) is 18.8 Å². The third kappa shape index (κ3) is 2.89. The molecule has 1 heterocycles. The number of benzene rings is 1. The average molecular weight is 310 g/mol. The van der Waals surface area contributed by atoms with E-state index in [0.717, 1.165) is 16.4 Å². The first-order chi connectivity index (χ1) is 9.23. The smallest absolute Gasteiger partial charge is 0.398 e. The van der Waals surface area contributed by atoms with Crippen molar-refractivity contribution in [3.05, 3.63) is 23.8 Å². The maximum atomic E-state index is 12.8. The third-order valence-electron chi connectivity index (χ3n) is 2.94. The number of hydrogen-bond donors (Lipinski definition) is 1. The van der Waals surface area contributed by atoms with E-state index in [-0.39, 0.29) is 26.3 Å². The number of nitrogens with two attached hydrogens (primary N) is 1. The first-order valence-electron chi connectivity index (χ1n) is 5.77. The zero-order valence-electron chi connectivity index (χ0n) is 10.4. The highest BCUT2D eigenvalue weighted by molar-refractivity contribution is 7.89. The number of ether oxygens (including phenoxy) is 1. The van der Waals surface area contributed by atoms with Crippen LogP contribution in [0.3, 0.4) is 0 Å². The molecule has 5 nitrogen and oxygen atoms in total. The number of nitrogens with zero attached hydrogens (tertiary/aromatic N) is 1. The number of nitrogen functional groups attached to an aromatic ring is 1. The molecule has 0 saturated carbocycles. The van der Waals surface area contributed by atoms with Crippen LogP contribution in [0.1, 0.15) is 5.56 Å². The number of halogens is 3. The van der Waals surface area contributed by atoms with Gasteiger partial charge in [-0.05, 0) is 18.2 Å². The first kappa shape index (κ1) is 15.1. The van der Waals surface area contributed by atoms with Crippen LogP contribution >= 0.6 is 0 Å². The highest BCUT2D eigenvalue weighted by atomic mass is 32.2. The van der Waals surface area contributed by atoms with E-state index in [2.05, 4.69) is 0 Å². The molecule has 0 spiro atoms. The fraction of sp³-hybridized carbons (Fsp3) is 0.455. The van der Waals surface area contributed by atoms with E-state index in [1.54, 1.807) is 0 Å². The number of anilines is 1. The molecule has 1 saturated heterocycles. The van der Waals surface area contributed by atoms with Gasteiger partial charge in [0.15, 0.2) is 0 Å². The molecule has 0 atom stereocenters. The van der Waals surface area contributed by atoms with Crippen molar-refractivity contribution >= 4 is 15.7 Å². The maximum Gasteiger partial charge on any atom is 0.418 e. The maximum absolute atomic E-state index is 12.8. The van der Waals surface area contributed by atoms with E-state index in [1.165, 1.54) is 0 Å². The minimum atomic E-state index is -4.69. The van der Waals surface area contributed by atoms with Crippen molar-refractivity contribution in [2.75, 3.05) is 32.0 Å². The summed E-state index contributed by atoms with van der Waals surface area (Å²) >= 11 is 0. The van der Waals surface area contributed by atoms with Crippen molar-refractivity contribution in [3.63, 3.8) is 0 Å². The van der Waals surface area contributed by atoms with E-state index < -0.39 is 32.3 Å². The molecule has 1 aromatic carbocycles. The van der Waals surface area contributed by atoms with Gasteiger partial charge >= 0.3 is 6.18 Å². The molecule has 2 N–H and O–H groups in total. The lowest BCUT2D eigenvalue weighted by Crippen LogP contribution is -2.40. The van der Waals surface area contributed by atoms with Crippen LogP contribution in [0.15, 0.2) is 23.1 Å².